The smallest absolute Gasteiger partial charge is 0.220 e. The van der Waals surface area contributed by atoms with Gasteiger partial charge in [-0.3, -0.25) is 4.79 Å². The molecular weight excluding hydrogens is 354 g/mol. The fourth-order valence-electron chi connectivity index (χ4n) is 2.96. The Balaban J connectivity index is 1.97. The van der Waals surface area contributed by atoms with Gasteiger partial charge in [0, 0.05) is 6.42 Å². The standard InChI is InChI=1S/C23H31NO4/c1-6-27-20-10-8-7-9-18(20)12-14-23(25)24-17(4)19-11-13-21(28-16(2)3)22(15-19)26-5/h7-11,13,15-17H,6,12,14H2,1-5H3,(H,24,25). The average molecular weight is 386 g/mol. The molecular formula is C23H31NO4. The van der Waals surface area contributed by atoms with Crippen LogP contribution in [0.25, 0.3) is 0 Å². The first-order chi connectivity index (χ1) is 13.4. The minimum absolute atomic E-state index is 0.000255. The highest BCUT2D eigenvalue weighted by atomic mass is 16.5. The van der Waals surface area contributed by atoms with E-state index in [4.69, 9.17) is 14.2 Å². The first-order valence-corrected chi connectivity index (χ1v) is 9.79. The van der Waals surface area contributed by atoms with Crippen LogP contribution < -0.4 is 19.5 Å². The van der Waals surface area contributed by atoms with Crippen LogP contribution in [0.15, 0.2) is 42.5 Å². The molecule has 28 heavy (non-hydrogen) atoms. The Morgan fingerprint density at radius 3 is 2.46 bits per heavy atom. The van der Waals surface area contributed by atoms with Gasteiger partial charge in [0.2, 0.25) is 5.91 Å². The number of aryl methyl sites for hydroxylation is 1. The molecule has 2 aromatic rings. The summed E-state index contributed by atoms with van der Waals surface area (Å²) in [7, 11) is 1.62. The van der Waals surface area contributed by atoms with E-state index in [0.29, 0.717) is 30.9 Å². The molecule has 1 N–H and O–H groups in total. The quantitative estimate of drug-likeness (QED) is 0.644. The molecule has 0 fully saturated rings. The number of amides is 1. The van der Waals surface area contributed by atoms with Crippen molar-refractivity contribution in [2.24, 2.45) is 0 Å². The Kier molecular flexibility index (Phi) is 8.18. The van der Waals surface area contributed by atoms with Gasteiger partial charge in [0.1, 0.15) is 5.75 Å². The molecule has 2 rings (SSSR count). The number of para-hydroxylation sites is 1. The van der Waals surface area contributed by atoms with Crippen LogP contribution in [0.5, 0.6) is 17.2 Å². The maximum Gasteiger partial charge on any atom is 0.220 e. The van der Waals surface area contributed by atoms with Gasteiger partial charge in [0.05, 0.1) is 25.9 Å². The molecule has 152 valence electrons. The van der Waals surface area contributed by atoms with Gasteiger partial charge in [-0.25, -0.2) is 0 Å². The number of hydrogen-bond donors (Lipinski definition) is 1. The Morgan fingerprint density at radius 1 is 1.04 bits per heavy atom. The van der Waals surface area contributed by atoms with Crippen LogP contribution in [-0.2, 0) is 11.2 Å². The molecule has 0 aromatic heterocycles. The van der Waals surface area contributed by atoms with Crippen molar-refractivity contribution >= 4 is 5.91 Å². The van der Waals surface area contributed by atoms with Crippen LogP contribution in [0.2, 0.25) is 0 Å². The molecule has 1 amide bonds. The number of methoxy groups -OCH3 is 1. The van der Waals surface area contributed by atoms with E-state index in [1.54, 1.807) is 7.11 Å². The van der Waals surface area contributed by atoms with Crippen molar-refractivity contribution in [2.45, 2.75) is 52.7 Å². The monoisotopic (exact) mass is 385 g/mol. The molecule has 5 nitrogen and oxygen atoms in total. The molecule has 5 heteroatoms. The van der Waals surface area contributed by atoms with E-state index >= 15 is 0 Å². The van der Waals surface area contributed by atoms with Crippen LogP contribution >= 0.6 is 0 Å². The zero-order valence-electron chi connectivity index (χ0n) is 17.5. The third-order valence-corrected chi connectivity index (χ3v) is 4.32. The van der Waals surface area contributed by atoms with Crippen molar-refractivity contribution in [2.75, 3.05) is 13.7 Å². The summed E-state index contributed by atoms with van der Waals surface area (Å²) in [5, 5.41) is 3.05. The maximum absolute atomic E-state index is 12.4. The lowest BCUT2D eigenvalue weighted by Crippen LogP contribution is -2.26. The van der Waals surface area contributed by atoms with E-state index < -0.39 is 0 Å². The minimum atomic E-state index is -0.128. The molecule has 0 radical (unpaired) electrons. The van der Waals surface area contributed by atoms with E-state index in [1.165, 1.54) is 0 Å². The number of carbonyl (C=O) groups is 1. The highest BCUT2D eigenvalue weighted by molar-refractivity contribution is 5.76. The number of rotatable bonds is 10. The van der Waals surface area contributed by atoms with E-state index in [2.05, 4.69) is 5.32 Å². The molecule has 2 aromatic carbocycles. The van der Waals surface area contributed by atoms with Gasteiger partial charge in [-0.15, -0.1) is 0 Å². The molecule has 1 unspecified atom stereocenters. The molecule has 0 bridgehead atoms. The summed E-state index contributed by atoms with van der Waals surface area (Å²) < 4.78 is 16.8. The van der Waals surface area contributed by atoms with Crippen LogP contribution in [0, 0.1) is 0 Å². The van der Waals surface area contributed by atoms with Crippen LogP contribution in [-0.4, -0.2) is 25.7 Å². The predicted octanol–water partition coefficient (Wildman–Crippen LogP) is 4.69. The van der Waals surface area contributed by atoms with Gasteiger partial charge in [0.15, 0.2) is 11.5 Å². The number of hydrogen-bond acceptors (Lipinski definition) is 4. The van der Waals surface area contributed by atoms with Gasteiger partial charge in [-0.1, -0.05) is 24.3 Å². The van der Waals surface area contributed by atoms with Gasteiger partial charge < -0.3 is 19.5 Å². The summed E-state index contributed by atoms with van der Waals surface area (Å²) in [5.74, 6) is 2.21. The first kappa shape index (κ1) is 21.6. The number of benzene rings is 2. The van der Waals surface area contributed by atoms with Crippen molar-refractivity contribution in [1.82, 2.24) is 5.32 Å². The van der Waals surface area contributed by atoms with Crippen LogP contribution in [0.3, 0.4) is 0 Å². The molecule has 1 atom stereocenters. The molecule has 0 aliphatic carbocycles. The van der Waals surface area contributed by atoms with Crippen LogP contribution in [0.4, 0.5) is 0 Å². The molecule has 0 heterocycles. The van der Waals surface area contributed by atoms with E-state index in [9.17, 15) is 4.79 Å². The summed E-state index contributed by atoms with van der Waals surface area (Å²) >= 11 is 0. The molecule has 0 spiro atoms. The van der Waals surface area contributed by atoms with Gasteiger partial charge in [-0.2, -0.15) is 0 Å². The van der Waals surface area contributed by atoms with Crippen molar-refractivity contribution in [1.29, 1.82) is 0 Å². The largest absolute Gasteiger partial charge is 0.494 e. The summed E-state index contributed by atoms with van der Waals surface area (Å²) in [5.41, 5.74) is 2.01. The van der Waals surface area contributed by atoms with E-state index in [0.717, 1.165) is 16.9 Å². The summed E-state index contributed by atoms with van der Waals surface area (Å²) in [6.45, 7) is 8.47. The predicted molar refractivity (Wildman–Crippen MR) is 111 cm³/mol. The number of ether oxygens (including phenoxy) is 3. The van der Waals surface area contributed by atoms with Crippen molar-refractivity contribution < 1.29 is 19.0 Å². The Labute approximate surface area is 168 Å². The zero-order valence-corrected chi connectivity index (χ0v) is 17.5. The van der Waals surface area contributed by atoms with Gasteiger partial charge >= 0.3 is 0 Å². The maximum atomic E-state index is 12.4. The summed E-state index contributed by atoms with van der Waals surface area (Å²) in [6.07, 6.45) is 1.11. The van der Waals surface area contributed by atoms with Crippen molar-refractivity contribution in [3.8, 4) is 17.2 Å². The summed E-state index contributed by atoms with van der Waals surface area (Å²) in [6, 6.07) is 13.5. The second-order valence-electron chi connectivity index (χ2n) is 6.91. The fraction of sp³-hybridized carbons (Fsp3) is 0.435. The second-order valence-corrected chi connectivity index (χ2v) is 6.91. The molecule has 0 saturated carbocycles. The zero-order chi connectivity index (χ0) is 20.5. The van der Waals surface area contributed by atoms with Crippen molar-refractivity contribution in [3.05, 3.63) is 53.6 Å². The Morgan fingerprint density at radius 2 is 1.79 bits per heavy atom. The average Bonchev–Trinajstić information content (AvgIpc) is 2.67. The lowest BCUT2D eigenvalue weighted by molar-refractivity contribution is -0.121. The third kappa shape index (κ3) is 6.19. The lowest BCUT2D eigenvalue weighted by atomic mass is 10.1. The second kappa shape index (κ2) is 10.6. The Bertz CT molecular complexity index is 773. The van der Waals surface area contributed by atoms with E-state index in [1.807, 2.05) is 70.2 Å². The molecule has 0 saturated heterocycles. The third-order valence-electron chi connectivity index (χ3n) is 4.32. The molecule has 0 aliphatic rings. The number of nitrogens with one attached hydrogen (secondary N) is 1. The van der Waals surface area contributed by atoms with Crippen LogP contribution in [0.1, 0.15) is 51.3 Å². The van der Waals surface area contributed by atoms with Gasteiger partial charge in [-0.05, 0) is 63.4 Å². The van der Waals surface area contributed by atoms with Gasteiger partial charge in [0.25, 0.3) is 0 Å². The highest BCUT2D eigenvalue weighted by Gasteiger charge is 2.14. The molecule has 0 aliphatic heterocycles. The van der Waals surface area contributed by atoms with E-state index in [-0.39, 0.29) is 18.1 Å². The highest BCUT2D eigenvalue weighted by Crippen LogP contribution is 2.31. The minimum Gasteiger partial charge on any atom is -0.494 e. The fourth-order valence-corrected chi connectivity index (χ4v) is 2.96. The Hall–Kier alpha value is -2.69. The topological polar surface area (TPSA) is 56.8 Å². The SMILES string of the molecule is CCOc1ccccc1CCC(=O)NC(C)c1ccc(OC(C)C)c(OC)c1. The lowest BCUT2D eigenvalue weighted by Gasteiger charge is -2.18. The normalized spacial score (nSPS) is 11.8. The summed E-state index contributed by atoms with van der Waals surface area (Å²) in [4.78, 5) is 12.4. The number of carbonyl (C=O) groups excluding carboxylic acids is 1. The first-order valence-electron chi connectivity index (χ1n) is 9.79. The van der Waals surface area contributed by atoms with Crippen molar-refractivity contribution in [3.63, 3.8) is 0 Å².